The quantitative estimate of drug-likeness (QED) is 0.896. The molecule has 1 aromatic carbocycles. The van der Waals surface area contributed by atoms with Crippen molar-refractivity contribution in [3.63, 3.8) is 0 Å². The fourth-order valence-electron chi connectivity index (χ4n) is 4.41. The fraction of sp³-hybridized carbons (Fsp3) is 0.611. The number of rotatable bonds is 3. The maximum absolute atomic E-state index is 12.8. The molecule has 5 heteroatoms. The van der Waals surface area contributed by atoms with E-state index in [0.29, 0.717) is 28.2 Å². The Bertz CT molecular complexity index is 603. The van der Waals surface area contributed by atoms with Crippen LogP contribution in [-0.2, 0) is 4.79 Å². The molecule has 0 aromatic heterocycles. The summed E-state index contributed by atoms with van der Waals surface area (Å²) in [4.78, 5) is 14.8. The molecule has 2 bridgehead atoms. The Morgan fingerprint density at radius 2 is 1.70 bits per heavy atom. The Morgan fingerprint density at radius 1 is 1.09 bits per heavy atom. The average molecular weight is 353 g/mol. The highest BCUT2D eigenvalue weighted by Gasteiger charge is 2.47. The molecule has 2 heterocycles. The minimum Gasteiger partial charge on any atom is -0.342 e. The molecule has 4 rings (SSSR count). The van der Waals surface area contributed by atoms with Crippen LogP contribution in [0.25, 0.3) is 0 Å². The molecule has 0 spiro atoms. The lowest BCUT2D eigenvalue weighted by molar-refractivity contribution is -0.134. The van der Waals surface area contributed by atoms with Crippen molar-refractivity contribution in [3.8, 4) is 0 Å². The number of halogens is 2. The molecular weight excluding hydrogens is 331 g/mol. The van der Waals surface area contributed by atoms with E-state index in [0.717, 1.165) is 24.8 Å². The second kappa shape index (κ2) is 5.94. The molecule has 23 heavy (non-hydrogen) atoms. The van der Waals surface area contributed by atoms with Crippen LogP contribution in [-0.4, -0.2) is 36.0 Å². The first-order chi connectivity index (χ1) is 11.0. The molecule has 0 radical (unpaired) electrons. The number of carbonyl (C=O) groups excluding carboxylic acids is 1. The van der Waals surface area contributed by atoms with Crippen molar-refractivity contribution in [2.75, 3.05) is 7.05 Å². The maximum atomic E-state index is 12.8. The van der Waals surface area contributed by atoms with Crippen LogP contribution in [0, 0.1) is 5.92 Å². The normalized spacial score (nSPS) is 35.2. The number of hydrogen-bond acceptors (Lipinski definition) is 2. The van der Waals surface area contributed by atoms with Crippen LogP contribution in [0.3, 0.4) is 0 Å². The van der Waals surface area contributed by atoms with Crippen LogP contribution in [0.15, 0.2) is 18.2 Å². The van der Waals surface area contributed by atoms with Crippen LogP contribution < -0.4 is 5.32 Å². The predicted molar refractivity (Wildman–Crippen MR) is 93.0 cm³/mol. The lowest BCUT2D eigenvalue weighted by atomic mass is 9.98. The molecule has 3 fully saturated rings. The lowest BCUT2D eigenvalue weighted by Crippen LogP contribution is -2.49. The first-order valence-electron chi connectivity index (χ1n) is 8.50. The van der Waals surface area contributed by atoms with Gasteiger partial charge in [-0.05, 0) is 61.8 Å². The zero-order valence-corrected chi connectivity index (χ0v) is 14.8. The van der Waals surface area contributed by atoms with E-state index >= 15 is 0 Å². The third-order valence-corrected chi connectivity index (χ3v) is 6.20. The van der Waals surface area contributed by atoms with Gasteiger partial charge >= 0.3 is 0 Å². The molecule has 1 amide bonds. The molecule has 1 aromatic rings. The van der Waals surface area contributed by atoms with Gasteiger partial charge in [-0.15, -0.1) is 0 Å². The first kappa shape index (κ1) is 15.7. The second-order valence-corrected chi connectivity index (χ2v) is 8.24. The smallest absolute Gasteiger partial charge is 0.226 e. The third kappa shape index (κ3) is 3.11. The summed E-state index contributed by atoms with van der Waals surface area (Å²) in [7, 11) is 1.98. The van der Waals surface area contributed by atoms with E-state index < -0.39 is 0 Å². The van der Waals surface area contributed by atoms with E-state index in [4.69, 9.17) is 23.2 Å². The maximum Gasteiger partial charge on any atom is 0.226 e. The van der Waals surface area contributed by atoms with E-state index in [2.05, 4.69) is 5.32 Å². The van der Waals surface area contributed by atoms with Crippen LogP contribution in [0.2, 0.25) is 10.0 Å². The number of nitrogens with zero attached hydrogens (tertiary/aromatic N) is 1. The van der Waals surface area contributed by atoms with Gasteiger partial charge in [0.25, 0.3) is 0 Å². The largest absolute Gasteiger partial charge is 0.342 e. The Morgan fingerprint density at radius 3 is 2.30 bits per heavy atom. The van der Waals surface area contributed by atoms with E-state index in [-0.39, 0.29) is 17.7 Å². The van der Waals surface area contributed by atoms with Gasteiger partial charge < -0.3 is 10.2 Å². The van der Waals surface area contributed by atoms with E-state index in [9.17, 15) is 4.79 Å². The molecule has 3 nitrogen and oxygen atoms in total. The summed E-state index contributed by atoms with van der Waals surface area (Å²) in [5.74, 6) is 0.666. The summed E-state index contributed by atoms with van der Waals surface area (Å²) in [6.07, 6.45) is 5.63. The summed E-state index contributed by atoms with van der Waals surface area (Å²) < 4.78 is 0. The van der Waals surface area contributed by atoms with E-state index in [1.54, 1.807) is 6.07 Å². The summed E-state index contributed by atoms with van der Waals surface area (Å²) in [5, 5.41) is 4.93. The van der Waals surface area contributed by atoms with Gasteiger partial charge in [-0.25, -0.2) is 0 Å². The van der Waals surface area contributed by atoms with Gasteiger partial charge in [-0.2, -0.15) is 0 Å². The lowest BCUT2D eigenvalue weighted by Gasteiger charge is -2.35. The van der Waals surface area contributed by atoms with Crippen LogP contribution >= 0.6 is 23.2 Å². The zero-order chi connectivity index (χ0) is 16.1. The number of carbonyl (C=O) groups is 1. The van der Waals surface area contributed by atoms with Crippen molar-refractivity contribution in [2.24, 2.45) is 5.92 Å². The second-order valence-electron chi connectivity index (χ2n) is 7.36. The SMILES string of the molecule is CN(C(=O)C1CC1c1cc(Cl)cc(Cl)c1)C1CC2CCC(C1)N2. The minimum absolute atomic E-state index is 0.0991. The van der Waals surface area contributed by atoms with Gasteiger partial charge in [0.15, 0.2) is 0 Å². The predicted octanol–water partition coefficient (Wildman–Crippen LogP) is 3.84. The molecule has 4 unspecified atom stereocenters. The van der Waals surface area contributed by atoms with Crippen molar-refractivity contribution < 1.29 is 4.79 Å². The van der Waals surface area contributed by atoms with Crippen molar-refractivity contribution >= 4 is 29.1 Å². The highest BCUT2D eigenvalue weighted by atomic mass is 35.5. The Kier molecular flexibility index (Phi) is 4.07. The molecule has 1 aliphatic carbocycles. The van der Waals surface area contributed by atoms with Crippen molar-refractivity contribution in [1.82, 2.24) is 10.2 Å². The number of benzene rings is 1. The Labute approximate surface area is 147 Å². The van der Waals surface area contributed by atoms with Gasteiger partial charge in [-0.3, -0.25) is 4.79 Å². The summed E-state index contributed by atoms with van der Waals surface area (Å²) in [5.41, 5.74) is 1.10. The Hall–Kier alpha value is -0.770. The van der Waals surface area contributed by atoms with Crippen LogP contribution in [0.4, 0.5) is 0 Å². The van der Waals surface area contributed by atoms with Crippen molar-refractivity contribution in [2.45, 2.75) is 56.1 Å². The van der Waals surface area contributed by atoms with Crippen LogP contribution in [0.1, 0.15) is 43.6 Å². The topological polar surface area (TPSA) is 32.3 Å². The molecule has 124 valence electrons. The zero-order valence-electron chi connectivity index (χ0n) is 13.3. The first-order valence-corrected chi connectivity index (χ1v) is 9.25. The number of nitrogens with one attached hydrogen (secondary N) is 1. The number of piperidine rings is 1. The highest BCUT2D eigenvalue weighted by Crippen LogP contribution is 2.49. The molecule has 4 atom stereocenters. The molecule has 1 saturated carbocycles. The van der Waals surface area contributed by atoms with E-state index in [1.807, 2.05) is 24.1 Å². The van der Waals surface area contributed by atoms with Crippen LogP contribution in [0.5, 0.6) is 0 Å². The van der Waals surface area contributed by atoms with Gasteiger partial charge in [0.1, 0.15) is 0 Å². The van der Waals surface area contributed by atoms with Gasteiger partial charge in [0.2, 0.25) is 5.91 Å². The number of amides is 1. The van der Waals surface area contributed by atoms with Gasteiger partial charge in [0.05, 0.1) is 0 Å². The van der Waals surface area contributed by atoms with Crippen molar-refractivity contribution in [1.29, 1.82) is 0 Å². The number of hydrogen-bond donors (Lipinski definition) is 1. The molecular formula is C18H22Cl2N2O. The van der Waals surface area contributed by atoms with E-state index in [1.165, 1.54) is 12.8 Å². The van der Waals surface area contributed by atoms with Gasteiger partial charge in [-0.1, -0.05) is 23.2 Å². The summed E-state index contributed by atoms with van der Waals surface area (Å²) >= 11 is 12.2. The number of fused-ring (bicyclic) bond motifs is 2. The average Bonchev–Trinajstić information content (AvgIpc) is 3.24. The molecule has 1 N–H and O–H groups in total. The monoisotopic (exact) mass is 352 g/mol. The molecule has 2 aliphatic heterocycles. The fourth-order valence-corrected chi connectivity index (χ4v) is 4.95. The van der Waals surface area contributed by atoms with Gasteiger partial charge in [0, 0.05) is 41.1 Å². The molecule has 3 aliphatic rings. The third-order valence-electron chi connectivity index (χ3n) is 5.76. The minimum atomic E-state index is 0.0991. The Balaban J connectivity index is 1.42. The summed E-state index contributed by atoms with van der Waals surface area (Å²) in [6, 6.07) is 7.23. The summed E-state index contributed by atoms with van der Waals surface area (Å²) in [6.45, 7) is 0. The standard InChI is InChI=1S/C18H22Cl2N2O/c1-22(15-7-13-2-3-14(8-15)21-13)18(23)17-9-16(17)10-4-11(19)6-12(20)5-10/h4-6,13-17,21H,2-3,7-9H2,1H3. The van der Waals surface area contributed by atoms with Crippen molar-refractivity contribution in [3.05, 3.63) is 33.8 Å². The molecule has 2 saturated heterocycles. The highest BCUT2D eigenvalue weighted by molar-refractivity contribution is 6.34.